The first-order valence-electron chi connectivity index (χ1n) is 2.99. The second-order valence-electron chi connectivity index (χ2n) is 1.85. The van der Waals surface area contributed by atoms with Crippen LogP contribution in [-0.2, 0) is 0 Å². The maximum absolute atomic E-state index is 9.00. The Labute approximate surface area is 47.1 Å². The fourth-order valence-corrected chi connectivity index (χ4v) is 1.61. The summed E-state index contributed by atoms with van der Waals surface area (Å²) in [5, 5.41) is 0. The van der Waals surface area contributed by atoms with Gasteiger partial charge in [0.2, 0.25) is 0 Å². The lowest BCUT2D eigenvalue weighted by Crippen LogP contribution is -2.07. The molecule has 0 spiro atoms. The summed E-state index contributed by atoms with van der Waals surface area (Å²) >= 11 is 0. The molecule has 1 atom stereocenters. The summed E-state index contributed by atoms with van der Waals surface area (Å²) in [4.78, 5) is 9.00. The molecule has 0 bridgehead atoms. The Kier molecular flexibility index (Phi) is 4.45. The predicted molar refractivity (Wildman–Crippen MR) is 34.9 cm³/mol. The van der Waals surface area contributed by atoms with Gasteiger partial charge in [-0.25, -0.2) is 0 Å². The third kappa shape index (κ3) is 4.02. The van der Waals surface area contributed by atoms with Crippen LogP contribution in [0.2, 0.25) is 12.1 Å². The van der Waals surface area contributed by atoms with Gasteiger partial charge in [0.05, 0.1) is 0 Å². The van der Waals surface area contributed by atoms with Gasteiger partial charge in [-0.3, -0.25) is 0 Å². The van der Waals surface area contributed by atoms with E-state index >= 15 is 0 Å². The fourth-order valence-electron chi connectivity index (χ4n) is 0.537. The first kappa shape index (κ1) is 7.18. The highest BCUT2D eigenvalue weighted by Gasteiger charge is 1.98. The van der Waals surface area contributed by atoms with Crippen LogP contribution in [0.3, 0.4) is 0 Å². The zero-order chi connectivity index (χ0) is 5.70. The van der Waals surface area contributed by atoms with Crippen molar-refractivity contribution in [3.8, 4) is 0 Å². The van der Waals surface area contributed by atoms with E-state index < -0.39 is 9.04 Å². The van der Waals surface area contributed by atoms with Crippen molar-refractivity contribution in [2.75, 3.05) is 0 Å². The molecule has 0 heterocycles. The van der Waals surface area contributed by atoms with Gasteiger partial charge in [0.1, 0.15) is 0 Å². The quantitative estimate of drug-likeness (QED) is 0.551. The van der Waals surface area contributed by atoms with Gasteiger partial charge in [0, 0.05) is 0 Å². The molecule has 0 rings (SSSR count). The zero-order valence-corrected chi connectivity index (χ0v) is 6.30. The van der Waals surface area contributed by atoms with Gasteiger partial charge in [0.15, 0.2) is 9.04 Å². The molecule has 7 heavy (non-hydrogen) atoms. The van der Waals surface area contributed by atoms with Crippen molar-refractivity contribution < 1.29 is 4.80 Å². The van der Waals surface area contributed by atoms with Crippen LogP contribution >= 0.6 is 0 Å². The molecule has 0 aliphatic rings. The van der Waals surface area contributed by atoms with Gasteiger partial charge in [-0.2, -0.15) is 0 Å². The van der Waals surface area contributed by atoms with Crippen LogP contribution in [0.25, 0.3) is 0 Å². The molecule has 0 radical (unpaired) electrons. The predicted octanol–water partition coefficient (Wildman–Crippen LogP) is 1.13. The Hall–Kier alpha value is 0.177. The summed E-state index contributed by atoms with van der Waals surface area (Å²) in [6.45, 7) is 4.18. The van der Waals surface area contributed by atoms with Crippen molar-refractivity contribution in [2.45, 2.75) is 32.4 Å². The second-order valence-corrected chi connectivity index (χ2v) is 4.55. The van der Waals surface area contributed by atoms with Crippen LogP contribution in [0, 0.1) is 0 Å². The Morgan fingerprint density at radius 2 is 2.00 bits per heavy atom. The van der Waals surface area contributed by atoms with Gasteiger partial charge in [-0.15, -0.1) is 0 Å². The van der Waals surface area contributed by atoms with Gasteiger partial charge < -0.3 is 4.80 Å². The third-order valence-corrected chi connectivity index (χ3v) is 3.28. The first-order valence-corrected chi connectivity index (χ1v) is 5.14. The summed E-state index contributed by atoms with van der Waals surface area (Å²) in [5.74, 6) is 0. The molecule has 0 saturated carbocycles. The number of rotatable bonds is 3. The monoisotopic (exact) mass is 118 g/mol. The van der Waals surface area contributed by atoms with E-state index in [1.165, 1.54) is 0 Å². The van der Waals surface area contributed by atoms with E-state index in [9.17, 15) is 0 Å². The topological polar surface area (TPSA) is 20.2 Å². The smallest absolute Gasteiger partial charge is 0.172 e. The van der Waals surface area contributed by atoms with E-state index in [-0.39, 0.29) is 0 Å². The number of hydrogen-bond donors (Lipinski definition) is 1. The summed E-state index contributed by atoms with van der Waals surface area (Å²) in [6.07, 6.45) is 1.15. The summed E-state index contributed by atoms with van der Waals surface area (Å²) < 4.78 is 0. The van der Waals surface area contributed by atoms with Gasteiger partial charge in [-0.1, -0.05) is 20.3 Å². The van der Waals surface area contributed by atoms with Crippen LogP contribution < -0.4 is 0 Å². The van der Waals surface area contributed by atoms with Crippen molar-refractivity contribution in [1.82, 2.24) is 0 Å². The maximum atomic E-state index is 9.00. The Morgan fingerprint density at radius 3 is 2.14 bits per heavy atom. The van der Waals surface area contributed by atoms with Crippen LogP contribution in [-0.4, -0.2) is 13.8 Å². The Balaban J connectivity index is 2.83. The molecule has 1 N–H and O–H groups in total. The minimum absolute atomic E-state index is 1.04. The van der Waals surface area contributed by atoms with Gasteiger partial charge in [-0.05, 0) is 12.1 Å². The van der Waals surface area contributed by atoms with E-state index in [1.807, 2.05) is 0 Å². The minimum Gasteiger partial charge on any atom is -0.435 e. The molecule has 2 heteroatoms. The average molecular weight is 118 g/mol. The fraction of sp³-hybridized carbons (Fsp3) is 1.00. The lowest BCUT2D eigenvalue weighted by Gasteiger charge is -1.98. The summed E-state index contributed by atoms with van der Waals surface area (Å²) in [6, 6.07) is 2.13. The van der Waals surface area contributed by atoms with Crippen LogP contribution in [0.5, 0.6) is 0 Å². The number of hydrogen-bond acceptors (Lipinski definition) is 1. The normalized spacial score (nSPS) is 14.1. The highest BCUT2D eigenvalue weighted by atomic mass is 28.3. The Morgan fingerprint density at radius 1 is 1.43 bits per heavy atom. The molecular weight excluding hydrogens is 104 g/mol. The molecule has 0 aromatic heterocycles. The standard InChI is InChI=1S/C5H14OSi/c1-3-5-7(6)4-2/h6-7H,3-5H2,1-2H3. The molecule has 0 aliphatic carbocycles. The van der Waals surface area contributed by atoms with Crippen molar-refractivity contribution in [3.63, 3.8) is 0 Å². The zero-order valence-electron chi connectivity index (χ0n) is 5.15. The van der Waals surface area contributed by atoms with Crippen molar-refractivity contribution in [1.29, 1.82) is 0 Å². The van der Waals surface area contributed by atoms with Crippen molar-refractivity contribution in [3.05, 3.63) is 0 Å². The average Bonchev–Trinajstić information content (AvgIpc) is 1.68. The molecule has 0 amide bonds. The van der Waals surface area contributed by atoms with Gasteiger partial charge >= 0.3 is 0 Å². The lowest BCUT2D eigenvalue weighted by molar-refractivity contribution is 0.566. The first-order chi connectivity index (χ1) is 3.31. The molecule has 0 aliphatic heterocycles. The van der Waals surface area contributed by atoms with Crippen LogP contribution in [0.15, 0.2) is 0 Å². The highest BCUT2D eigenvalue weighted by molar-refractivity contribution is 6.50. The molecule has 0 aromatic rings. The summed E-state index contributed by atoms with van der Waals surface area (Å²) in [7, 11) is -1.18. The third-order valence-electron chi connectivity index (χ3n) is 1.09. The molecule has 1 unspecified atom stereocenters. The lowest BCUT2D eigenvalue weighted by atomic mass is 10.6. The second kappa shape index (κ2) is 4.34. The Bertz CT molecular complexity index is 39.1. The van der Waals surface area contributed by atoms with E-state index in [2.05, 4.69) is 13.8 Å². The minimum atomic E-state index is -1.18. The molecule has 44 valence electrons. The van der Waals surface area contributed by atoms with E-state index in [4.69, 9.17) is 4.80 Å². The van der Waals surface area contributed by atoms with Gasteiger partial charge in [0.25, 0.3) is 0 Å². The van der Waals surface area contributed by atoms with Crippen molar-refractivity contribution in [2.24, 2.45) is 0 Å². The maximum Gasteiger partial charge on any atom is 0.172 e. The SMILES string of the molecule is CCC[SiH](O)CC. The van der Waals surface area contributed by atoms with Crippen LogP contribution in [0.4, 0.5) is 0 Å². The molecule has 0 fully saturated rings. The molecule has 0 saturated heterocycles. The van der Waals surface area contributed by atoms with E-state index in [0.29, 0.717) is 0 Å². The van der Waals surface area contributed by atoms with Crippen LogP contribution in [0.1, 0.15) is 20.3 Å². The highest BCUT2D eigenvalue weighted by Crippen LogP contribution is 1.96. The summed E-state index contributed by atoms with van der Waals surface area (Å²) in [5.41, 5.74) is 0. The molecule has 1 nitrogen and oxygen atoms in total. The molecule has 0 aromatic carbocycles. The molecular formula is C5H14OSi. The van der Waals surface area contributed by atoms with E-state index in [0.717, 1.165) is 18.5 Å². The van der Waals surface area contributed by atoms with E-state index in [1.54, 1.807) is 0 Å². The van der Waals surface area contributed by atoms with Crippen molar-refractivity contribution >= 4 is 9.04 Å². The largest absolute Gasteiger partial charge is 0.435 e.